The molecule has 1 saturated carbocycles. The fraction of sp³-hybridized carbons (Fsp3) is 0.467. The maximum absolute atomic E-state index is 11.5. The largest absolute Gasteiger partial charge is 0.388 e. The van der Waals surface area contributed by atoms with Gasteiger partial charge in [-0.2, -0.15) is 0 Å². The van der Waals surface area contributed by atoms with E-state index < -0.39 is 6.10 Å². The molecule has 0 radical (unpaired) electrons. The molecule has 1 aliphatic heterocycles. The molecule has 20 heavy (non-hydrogen) atoms. The summed E-state index contributed by atoms with van der Waals surface area (Å²) in [6.45, 7) is 0. The molecule has 2 aliphatic rings. The Kier molecular flexibility index (Phi) is 3.44. The smallest absolute Gasteiger partial charge is 0.233 e. The molecule has 1 aromatic rings. The lowest BCUT2D eigenvalue weighted by molar-refractivity contribution is -0.123. The summed E-state index contributed by atoms with van der Waals surface area (Å²) in [6.07, 6.45) is 3.71. The first-order valence-corrected chi connectivity index (χ1v) is 7.03. The third-order valence-corrected chi connectivity index (χ3v) is 4.08. The second-order valence-corrected chi connectivity index (χ2v) is 5.63. The maximum atomic E-state index is 11.5. The molecule has 3 N–H and O–H groups in total. The summed E-state index contributed by atoms with van der Waals surface area (Å²) in [5, 5.41) is 15.6. The molecule has 0 aromatic heterocycles. The van der Waals surface area contributed by atoms with Gasteiger partial charge in [0, 0.05) is 0 Å². The van der Waals surface area contributed by atoms with Crippen LogP contribution in [0.15, 0.2) is 18.2 Å². The van der Waals surface area contributed by atoms with Crippen molar-refractivity contribution < 1.29 is 14.7 Å². The van der Waals surface area contributed by atoms with Crippen LogP contribution in [0.3, 0.4) is 0 Å². The molecule has 0 bridgehead atoms. The lowest BCUT2D eigenvalue weighted by atomic mass is 9.80. The predicted molar refractivity (Wildman–Crippen MR) is 75.2 cm³/mol. The van der Waals surface area contributed by atoms with Crippen LogP contribution in [-0.4, -0.2) is 16.9 Å². The second kappa shape index (κ2) is 5.25. The van der Waals surface area contributed by atoms with E-state index in [1.54, 1.807) is 18.2 Å². The molecule has 2 amide bonds. The van der Waals surface area contributed by atoms with Crippen LogP contribution >= 0.6 is 0 Å². The van der Waals surface area contributed by atoms with E-state index in [1.165, 1.54) is 19.3 Å². The van der Waals surface area contributed by atoms with Gasteiger partial charge in [0.25, 0.3) is 0 Å². The van der Waals surface area contributed by atoms with Crippen molar-refractivity contribution in [2.24, 2.45) is 5.92 Å². The minimum atomic E-state index is -0.513. The van der Waals surface area contributed by atoms with Crippen molar-refractivity contribution in [1.29, 1.82) is 0 Å². The predicted octanol–water partition coefficient (Wildman–Crippen LogP) is 2.19. The monoisotopic (exact) mass is 274 g/mol. The molecule has 5 nitrogen and oxygen atoms in total. The van der Waals surface area contributed by atoms with Crippen molar-refractivity contribution in [3.05, 3.63) is 23.8 Å². The molecule has 3 rings (SSSR count). The van der Waals surface area contributed by atoms with E-state index in [-0.39, 0.29) is 18.2 Å². The number of rotatable bonds is 3. The Morgan fingerprint density at radius 2 is 1.85 bits per heavy atom. The van der Waals surface area contributed by atoms with Gasteiger partial charge in [-0.05, 0) is 30.0 Å². The average Bonchev–Trinajstić information content (AvgIpc) is 2.49. The highest BCUT2D eigenvalue weighted by molar-refractivity contribution is 6.13. The van der Waals surface area contributed by atoms with Gasteiger partial charge in [-0.1, -0.05) is 25.3 Å². The maximum Gasteiger partial charge on any atom is 0.233 e. The third-order valence-electron chi connectivity index (χ3n) is 4.08. The zero-order valence-corrected chi connectivity index (χ0v) is 11.2. The Hall–Kier alpha value is -1.88. The molecule has 1 aliphatic carbocycles. The summed E-state index contributed by atoms with van der Waals surface area (Å²) in [5.41, 5.74) is 1.93. The van der Waals surface area contributed by atoms with Gasteiger partial charge < -0.3 is 15.7 Å². The van der Waals surface area contributed by atoms with Crippen LogP contribution in [0.2, 0.25) is 0 Å². The number of aliphatic hydroxyl groups is 1. The number of amides is 2. The van der Waals surface area contributed by atoms with Crippen LogP contribution in [0.25, 0.3) is 0 Å². The molecule has 0 spiro atoms. The summed E-state index contributed by atoms with van der Waals surface area (Å²) in [7, 11) is 0. The number of nitrogens with one attached hydrogen (secondary N) is 2. The van der Waals surface area contributed by atoms with Gasteiger partial charge in [0.1, 0.15) is 6.42 Å². The highest BCUT2D eigenvalue weighted by atomic mass is 16.3. The third kappa shape index (κ3) is 2.67. The van der Waals surface area contributed by atoms with Gasteiger partial charge in [-0.3, -0.25) is 9.59 Å². The molecular formula is C15H18N2O3. The van der Waals surface area contributed by atoms with Gasteiger partial charge in [-0.15, -0.1) is 0 Å². The lowest BCUT2D eigenvalue weighted by Crippen LogP contribution is -2.16. The van der Waals surface area contributed by atoms with Gasteiger partial charge in [0.05, 0.1) is 17.5 Å². The normalized spacial score (nSPS) is 20.2. The Morgan fingerprint density at radius 1 is 1.15 bits per heavy atom. The highest BCUT2D eigenvalue weighted by Gasteiger charge is 2.23. The second-order valence-electron chi connectivity index (χ2n) is 5.63. The van der Waals surface area contributed by atoms with E-state index in [9.17, 15) is 14.7 Å². The number of hydrogen-bond acceptors (Lipinski definition) is 3. The quantitative estimate of drug-likeness (QED) is 0.739. The topological polar surface area (TPSA) is 78.4 Å². The molecule has 1 aromatic carbocycles. The summed E-state index contributed by atoms with van der Waals surface area (Å²) in [6, 6.07) is 5.29. The van der Waals surface area contributed by atoms with Crippen molar-refractivity contribution in [2.45, 2.75) is 38.2 Å². The number of carbonyl (C=O) groups excluding carboxylic acids is 2. The molecule has 5 heteroatoms. The average molecular weight is 274 g/mol. The lowest BCUT2D eigenvalue weighted by Gasteiger charge is -2.27. The van der Waals surface area contributed by atoms with Crippen molar-refractivity contribution in [1.82, 2.24) is 0 Å². The number of fused-ring (bicyclic) bond motifs is 1. The van der Waals surface area contributed by atoms with Gasteiger partial charge in [0.15, 0.2) is 0 Å². The zero-order valence-electron chi connectivity index (χ0n) is 11.2. The fourth-order valence-corrected chi connectivity index (χ4v) is 2.70. The summed E-state index contributed by atoms with van der Waals surface area (Å²) in [4.78, 5) is 23.0. The van der Waals surface area contributed by atoms with E-state index in [4.69, 9.17) is 0 Å². The number of benzene rings is 1. The van der Waals surface area contributed by atoms with Gasteiger partial charge >= 0.3 is 0 Å². The van der Waals surface area contributed by atoms with E-state index in [0.717, 1.165) is 12.0 Å². The Labute approximate surface area is 117 Å². The molecule has 106 valence electrons. The number of aliphatic hydroxyl groups excluding tert-OH is 1. The van der Waals surface area contributed by atoms with E-state index >= 15 is 0 Å². The first-order valence-electron chi connectivity index (χ1n) is 7.03. The van der Waals surface area contributed by atoms with Crippen LogP contribution in [0.4, 0.5) is 11.4 Å². The molecule has 1 unspecified atom stereocenters. The minimum absolute atomic E-state index is 0.172. The molecular weight excluding hydrogens is 256 g/mol. The number of carbonyl (C=O) groups is 2. The number of hydrogen-bond donors (Lipinski definition) is 3. The summed E-state index contributed by atoms with van der Waals surface area (Å²) >= 11 is 0. The van der Waals surface area contributed by atoms with Crippen molar-refractivity contribution in [3.63, 3.8) is 0 Å². The fourth-order valence-electron chi connectivity index (χ4n) is 2.70. The van der Waals surface area contributed by atoms with E-state index in [2.05, 4.69) is 10.6 Å². The SMILES string of the molecule is O=C1CC(=O)Nc2cc(C(O)CC3CCC3)ccc2N1. The molecule has 1 heterocycles. The summed E-state index contributed by atoms with van der Waals surface area (Å²) < 4.78 is 0. The Balaban J connectivity index is 1.80. The highest BCUT2D eigenvalue weighted by Crippen LogP contribution is 2.36. The van der Waals surface area contributed by atoms with Crippen LogP contribution in [0, 0.1) is 5.92 Å². The summed E-state index contributed by atoms with van der Waals surface area (Å²) in [5.74, 6) is -0.0333. The standard InChI is InChI=1S/C15H18N2O3/c18-13(6-9-2-1-3-9)10-4-5-11-12(7-10)17-15(20)8-14(19)16-11/h4-5,7,9,13,18H,1-3,6,8H2,(H,16,19)(H,17,20). The molecule has 0 saturated heterocycles. The van der Waals surface area contributed by atoms with E-state index in [0.29, 0.717) is 17.3 Å². The molecule has 1 fully saturated rings. The van der Waals surface area contributed by atoms with Crippen LogP contribution in [-0.2, 0) is 9.59 Å². The van der Waals surface area contributed by atoms with E-state index in [1.807, 2.05) is 0 Å². The Morgan fingerprint density at radius 3 is 2.50 bits per heavy atom. The van der Waals surface area contributed by atoms with Crippen molar-refractivity contribution in [2.75, 3.05) is 10.6 Å². The van der Waals surface area contributed by atoms with Crippen LogP contribution in [0.5, 0.6) is 0 Å². The van der Waals surface area contributed by atoms with Gasteiger partial charge in [0.2, 0.25) is 11.8 Å². The van der Waals surface area contributed by atoms with Crippen molar-refractivity contribution >= 4 is 23.2 Å². The van der Waals surface area contributed by atoms with Gasteiger partial charge in [-0.25, -0.2) is 0 Å². The number of anilines is 2. The minimum Gasteiger partial charge on any atom is -0.388 e. The van der Waals surface area contributed by atoms with Crippen LogP contribution in [0.1, 0.15) is 43.8 Å². The van der Waals surface area contributed by atoms with Crippen molar-refractivity contribution in [3.8, 4) is 0 Å². The van der Waals surface area contributed by atoms with Crippen LogP contribution < -0.4 is 10.6 Å². The first-order chi connectivity index (χ1) is 9.61. The molecule has 1 atom stereocenters. The Bertz CT molecular complexity index is 552. The zero-order chi connectivity index (χ0) is 14.1. The first kappa shape index (κ1) is 13.1.